The molecule has 0 saturated heterocycles. The average molecular weight is 661 g/mol. The third kappa shape index (κ3) is 8.37. The minimum Gasteiger partial charge on any atom is -0.504 e. The molecule has 0 saturated carbocycles. The number of nitrogens with two attached hydrogens (primary N) is 1. The third-order valence-corrected chi connectivity index (χ3v) is 9.69. The largest absolute Gasteiger partial charge is 0.504 e. The summed E-state index contributed by atoms with van der Waals surface area (Å²) >= 11 is 0. The number of methoxy groups -OCH3 is 1. The Morgan fingerprint density at radius 3 is 2.81 bits per heavy atom. The highest BCUT2D eigenvalue weighted by Gasteiger charge is 2.39. The van der Waals surface area contributed by atoms with E-state index in [0.29, 0.717) is 74.6 Å². The molecule has 0 spiro atoms. The lowest BCUT2D eigenvalue weighted by Crippen LogP contribution is -2.36. The number of ketones is 1. The van der Waals surface area contributed by atoms with Crippen molar-refractivity contribution in [3.63, 3.8) is 0 Å². The predicted molar refractivity (Wildman–Crippen MR) is 187 cm³/mol. The normalized spacial score (nSPS) is 22.6. The molecule has 1 heterocycles. The van der Waals surface area contributed by atoms with E-state index in [2.05, 4.69) is 47.4 Å². The number of benzene rings is 2. The average Bonchev–Trinajstić information content (AvgIpc) is 3.23. The molecule has 0 unspecified atom stereocenters. The number of phenols is 1. The van der Waals surface area contributed by atoms with Gasteiger partial charge in [-0.1, -0.05) is 44.2 Å². The van der Waals surface area contributed by atoms with Crippen LogP contribution in [0.15, 0.2) is 23.2 Å². The summed E-state index contributed by atoms with van der Waals surface area (Å²) in [5.74, 6) is 9.82. The molecule has 48 heavy (non-hydrogen) atoms. The molecule has 260 valence electrons. The molecule has 2 aromatic rings. The maximum absolute atomic E-state index is 13.1. The van der Waals surface area contributed by atoms with Crippen LogP contribution < -0.4 is 30.6 Å². The van der Waals surface area contributed by atoms with Crippen LogP contribution >= 0.6 is 0 Å². The Kier molecular flexibility index (Phi) is 12.1. The number of phenolic OH excluding ortho intramolecular Hbond substituents is 1. The zero-order chi connectivity index (χ0) is 34.2. The molecule has 4 atom stereocenters. The van der Waals surface area contributed by atoms with E-state index >= 15 is 0 Å². The number of aryl methyl sites for hydroxylation is 1. The number of aromatic hydroxyl groups is 1. The van der Waals surface area contributed by atoms with E-state index in [1.165, 1.54) is 7.11 Å². The van der Waals surface area contributed by atoms with E-state index < -0.39 is 6.10 Å². The molecule has 6 N–H and O–H groups in total. The van der Waals surface area contributed by atoms with E-state index in [1.54, 1.807) is 12.1 Å². The first-order valence-electron chi connectivity index (χ1n) is 17.4. The fraction of sp³-hybridized carbons (Fsp3) is 0.579. The zero-order valence-electron chi connectivity index (χ0n) is 28.9. The van der Waals surface area contributed by atoms with Crippen LogP contribution in [0.25, 0.3) is 0 Å². The Morgan fingerprint density at radius 1 is 1.21 bits per heavy atom. The Hall–Kier alpha value is -3.94. The monoisotopic (exact) mass is 660 g/mol. The highest BCUT2D eigenvalue weighted by Crippen LogP contribution is 2.54. The highest BCUT2D eigenvalue weighted by atomic mass is 16.5. The number of aliphatic imine (C=N–C) groups is 1. The van der Waals surface area contributed by atoms with Crippen molar-refractivity contribution in [1.82, 2.24) is 10.6 Å². The topological polar surface area (TPSA) is 148 Å². The lowest BCUT2D eigenvalue weighted by molar-refractivity contribution is -0.121. The van der Waals surface area contributed by atoms with Gasteiger partial charge in [0.25, 0.3) is 0 Å². The maximum atomic E-state index is 13.1. The first-order valence-corrected chi connectivity index (χ1v) is 17.4. The van der Waals surface area contributed by atoms with Gasteiger partial charge in [-0.25, -0.2) is 0 Å². The van der Waals surface area contributed by atoms with Gasteiger partial charge in [0.05, 0.1) is 25.4 Å². The Bertz CT molecular complexity index is 1540. The van der Waals surface area contributed by atoms with Crippen molar-refractivity contribution >= 4 is 11.7 Å². The lowest BCUT2D eigenvalue weighted by atomic mass is 9.76. The summed E-state index contributed by atoms with van der Waals surface area (Å²) in [5.41, 5.74) is 10.8. The summed E-state index contributed by atoms with van der Waals surface area (Å²) in [6, 6.07) is 5.57. The van der Waals surface area contributed by atoms with Crippen LogP contribution in [0.1, 0.15) is 98.4 Å². The molecule has 3 aliphatic rings. The molecular weight excluding hydrogens is 608 g/mol. The van der Waals surface area contributed by atoms with Crippen LogP contribution in [-0.4, -0.2) is 68.6 Å². The second-order valence-corrected chi connectivity index (χ2v) is 13.7. The van der Waals surface area contributed by atoms with Crippen molar-refractivity contribution in [2.75, 3.05) is 40.6 Å². The zero-order valence-corrected chi connectivity index (χ0v) is 28.9. The van der Waals surface area contributed by atoms with E-state index in [0.717, 1.165) is 53.7 Å². The summed E-state index contributed by atoms with van der Waals surface area (Å²) < 4.78 is 18.5. The number of aliphatic hydroxyl groups is 1. The fourth-order valence-electron chi connectivity index (χ4n) is 7.38. The predicted octanol–water partition coefficient (Wildman–Crippen LogP) is 4.52. The van der Waals surface area contributed by atoms with Gasteiger partial charge in [-0.2, -0.15) is 0 Å². The number of carbonyl (C=O) groups is 1. The summed E-state index contributed by atoms with van der Waals surface area (Å²) in [6.07, 6.45) is 4.72. The molecule has 0 aromatic heterocycles. The van der Waals surface area contributed by atoms with Crippen LogP contribution in [0, 0.1) is 23.7 Å². The number of Topliss-reactive ketones (excluding diaryl/α,β-unsaturated/α-hetero) is 1. The number of nitrogens with one attached hydrogen (secondary N) is 2. The molecular formula is C38H52N4O6. The molecule has 5 rings (SSSR count). The van der Waals surface area contributed by atoms with Crippen molar-refractivity contribution in [2.45, 2.75) is 89.6 Å². The molecule has 10 heteroatoms. The second-order valence-electron chi connectivity index (χ2n) is 13.7. The molecule has 1 aliphatic heterocycles. The van der Waals surface area contributed by atoms with Crippen LogP contribution in [0.2, 0.25) is 0 Å². The Balaban J connectivity index is 1.56. The molecule has 10 nitrogen and oxygen atoms in total. The second kappa shape index (κ2) is 16.4. The van der Waals surface area contributed by atoms with E-state index in [9.17, 15) is 15.0 Å². The van der Waals surface area contributed by atoms with Gasteiger partial charge in [0, 0.05) is 49.4 Å². The summed E-state index contributed by atoms with van der Waals surface area (Å²) in [4.78, 5) is 17.6. The maximum Gasteiger partial charge on any atom is 0.188 e. The smallest absolute Gasteiger partial charge is 0.188 e. The van der Waals surface area contributed by atoms with Gasteiger partial charge in [0.15, 0.2) is 29.0 Å². The highest BCUT2D eigenvalue weighted by molar-refractivity contribution is 5.79. The lowest BCUT2D eigenvalue weighted by Gasteiger charge is -2.36. The van der Waals surface area contributed by atoms with Gasteiger partial charge in [-0.05, 0) is 74.1 Å². The van der Waals surface area contributed by atoms with Crippen LogP contribution in [-0.2, 0) is 17.6 Å². The minimum atomic E-state index is -0.758. The first kappa shape index (κ1) is 35.4. The van der Waals surface area contributed by atoms with E-state index in [1.807, 2.05) is 7.05 Å². The first-order chi connectivity index (χ1) is 23.2. The number of guanidine groups is 1. The number of hydrogen-bond acceptors (Lipinski definition) is 8. The van der Waals surface area contributed by atoms with Crippen LogP contribution in [0.5, 0.6) is 23.0 Å². The Labute approximate surface area is 284 Å². The molecule has 2 bridgehead atoms. The molecule has 2 aromatic carbocycles. The minimum absolute atomic E-state index is 0.000423. The van der Waals surface area contributed by atoms with Gasteiger partial charge >= 0.3 is 0 Å². The number of hydrogen-bond donors (Lipinski definition) is 5. The number of fused-ring (bicyclic) bond motifs is 2. The number of ether oxygens (including phenoxy) is 3. The van der Waals surface area contributed by atoms with Crippen molar-refractivity contribution in [3.05, 3.63) is 46.0 Å². The van der Waals surface area contributed by atoms with Crippen molar-refractivity contribution in [2.24, 2.45) is 22.6 Å². The summed E-state index contributed by atoms with van der Waals surface area (Å²) in [7, 11) is 3.34. The molecule has 0 fully saturated rings. The van der Waals surface area contributed by atoms with Crippen molar-refractivity contribution in [1.29, 1.82) is 0 Å². The van der Waals surface area contributed by atoms with Gasteiger partial charge < -0.3 is 35.5 Å². The van der Waals surface area contributed by atoms with E-state index in [4.69, 9.17) is 19.9 Å². The van der Waals surface area contributed by atoms with Crippen molar-refractivity contribution in [3.8, 4) is 34.8 Å². The molecule has 0 radical (unpaired) electrons. The number of aliphatic hydroxyl groups excluding tert-OH is 1. The summed E-state index contributed by atoms with van der Waals surface area (Å²) in [5, 5.41) is 28.2. The summed E-state index contributed by atoms with van der Waals surface area (Å²) in [6.45, 7) is 6.48. The number of rotatable bonds is 9. The SMILES string of the molecule is CNCOc1c2cc3c4c1OC[C@@H](CCNC(N)=NCC(C)C)[C@@H]4CCC[C@@H]3C[C@@H](O)CC(=O)CCc1ccc(O)c(OC)c1C#CC2. The quantitative estimate of drug-likeness (QED) is 0.113. The van der Waals surface area contributed by atoms with Crippen molar-refractivity contribution < 1.29 is 29.2 Å². The van der Waals surface area contributed by atoms with E-state index in [-0.39, 0.29) is 42.1 Å². The Morgan fingerprint density at radius 2 is 2.04 bits per heavy atom. The third-order valence-electron chi connectivity index (χ3n) is 9.69. The van der Waals surface area contributed by atoms with Gasteiger partial charge in [-0.3, -0.25) is 15.1 Å². The molecule has 0 amide bonds. The van der Waals surface area contributed by atoms with Gasteiger partial charge in [-0.15, -0.1) is 0 Å². The fourth-order valence-corrected chi connectivity index (χ4v) is 7.38. The number of carbonyl (C=O) groups excluding carboxylic acids is 1. The molecule has 2 aliphatic carbocycles. The van der Waals surface area contributed by atoms with Crippen LogP contribution in [0.4, 0.5) is 0 Å². The van der Waals surface area contributed by atoms with Crippen LogP contribution in [0.3, 0.4) is 0 Å². The van der Waals surface area contributed by atoms with Gasteiger partial charge in [0.2, 0.25) is 0 Å². The number of nitrogens with zero attached hydrogens (tertiary/aromatic N) is 1. The van der Waals surface area contributed by atoms with Gasteiger partial charge in [0.1, 0.15) is 12.5 Å². The standard InChI is InChI=1S/C38H52N4O6/c1-23(2)20-42-38(39)41-16-15-27-21-47-37-34-30(27)9-5-7-25-17-29(44)19-28(43)13-11-24-12-14-33(45)36(46-4)31(24)10-6-8-26(18-32(25)34)35(37)48-22-40-3/h12,14,18,23,25,27,29-30,40,44-45H,5,7-9,11,13,15-17,19-22H2,1-4H3,(H3,39,41,42)/t25-,27-,29-,30+/m1/s1.